The molecule has 0 aliphatic carbocycles. The van der Waals surface area contributed by atoms with E-state index >= 15 is 0 Å². The highest BCUT2D eigenvalue weighted by atomic mass is 16.6. The molecule has 0 saturated heterocycles. The highest BCUT2D eigenvalue weighted by Crippen LogP contribution is 2.26. The van der Waals surface area contributed by atoms with E-state index in [2.05, 4.69) is 10.6 Å². The van der Waals surface area contributed by atoms with Crippen molar-refractivity contribution in [3.8, 4) is 0 Å². The van der Waals surface area contributed by atoms with Crippen LogP contribution < -0.4 is 10.6 Å². The Hall–Kier alpha value is -2.57. The second-order valence-corrected chi connectivity index (χ2v) is 9.92. The van der Waals surface area contributed by atoms with Gasteiger partial charge in [0, 0.05) is 11.6 Å². The molecule has 174 valence electrons. The molecular formula is C24H39N3O4. The molecule has 0 bridgehead atoms. The lowest BCUT2D eigenvalue weighted by atomic mass is 9.98. The van der Waals surface area contributed by atoms with Crippen LogP contribution in [0, 0.1) is 0 Å². The Bertz CT molecular complexity index is 750. The average Bonchev–Trinajstić information content (AvgIpc) is 2.62. The zero-order chi connectivity index (χ0) is 24.0. The minimum absolute atomic E-state index is 0.230. The molecule has 0 aliphatic heterocycles. The first-order valence-corrected chi connectivity index (χ1v) is 10.8. The van der Waals surface area contributed by atoms with Crippen LogP contribution in [0.5, 0.6) is 0 Å². The van der Waals surface area contributed by atoms with Crippen molar-refractivity contribution in [2.75, 3.05) is 0 Å². The van der Waals surface area contributed by atoms with Gasteiger partial charge in [-0.2, -0.15) is 0 Å². The number of nitrogens with one attached hydrogen (secondary N) is 2. The first-order chi connectivity index (χ1) is 14.2. The van der Waals surface area contributed by atoms with Gasteiger partial charge in [0.25, 0.3) is 0 Å². The Labute approximate surface area is 186 Å². The Kier molecular flexibility index (Phi) is 9.09. The van der Waals surface area contributed by atoms with Crippen molar-refractivity contribution in [1.82, 2.24) is 15.5 Å². The van der Waals surface area contributed by atoms with Crippen molar-refractivity contribution in [3.05, 3.63) is 35.9 Å². The van der Waals surface area contributed by atoms with Gasteiger partial charge in [-0.1, -0.05) is 37.3 Å². The third-order valence-electron chi connectivity index (χ3n) is 4.56. The van der Waals surface area contributed by atoms with Crippen LogP contribution >= 0.6 is 0 Å². The van der Waals surface area contributed by atoms with Crippen LogP contribution in [-0.4, -0.2) is 46.0 Å². The number of benzene rings is 1. The third kappa shape index (κ3) is 8.59. The van der Waals surface area contributed by atoms with Crippen LogP contribution in [-0.2, 0) is 14.3 Å². The summed E-state index contributed by atoms with van der Waals surface area (Å²) in [6.07, 6.45) is -0.0235. The molecule has 1 aromatic rings. The van der Waals surface area contributed by atoms with Gasteiger partial charge in [0.1, 0.15) is 17.7 Å². The fraction of sp³-hybridized carbons (Fsp3) is 0.625. The number of carbonyl (C=O) groups excluding carboxylic acids is 3. The maximum absolute atomic E-state index is 13.5. The molecule has 3 unspecified atom stereocenters. The van der Waals surface area contributed by atoms with E-state index in [4.69, 9.17) is 4.74 Å². The number of rotatable bonds is 7. The Balaban J connectivity index is 3.30. The van der Waals surface area contributed by atoms with Crippen molar-refractivity contribution in [2.24, 2.45) is 0 Å². The highest BCUT2D eigenvalue weighted by Gasteiger charge is 2.37. The lowest BCUT2D eigenvalue weighted by Crippen LogP contribution is -2.56. The van der Waals surface area contributed by atoms with Gasteiger partial charge < -0.3 is 20.3 Å². The molecule has 1 rings (SSSR count). The van der Waals surface area contributed by atoms with E-state index in [-0.39, 0.29) is 17.9 Å². The zero-order valence-corrected chi connectivity index (χ0v) is 20.4. The molecule has 0 aromatic heterocycles. The fourth-order valence-electron chi connectivity index (χ4n) is 3.08. The number of ether oxygens (including phenoxy) is 1. The monoisotopic (exact) mass is 433 g/mol. The SMILES string of the molecule is CCC(C)N(C(=O)C(C)NC(=O)OC(C)(C)C)C(C(=O)NC(C)(C)C)c1ccccc1. The quantitative estimate of drug-likeness (QED) is 0.675. The summed E-state index contributed by atoms with van der Waals surface area (Å²) in [7, 11) is 0. The van der Waals surface area contributed by atoms with Crippen LogP contribution in [0.2, 0.25) is 0 Å². The maximum Gasteiger partial charge on any atom is 0.408 e. The van der Waals surface area contributed by atoms with E-state index in [1.807, 2.05) is 65.0 Å². The van der Waals surface area contributed by atoms with Crippen molar-refractivity contribution in [2.45, 2.75) is 98.0 Å². The topological polar surface area (TPSA) is 87.7 Å². The van der Waals surface area contributed by atoms with Crippen molar-refractivity contribution in [1.29, 1.82) is 0 Å². The van der Waals surface area contributed by atoms with Gasteiger partial charge in [-0.25, -0.2) is 4.79 Å². The van der Waals surface area contributed by atoms with Gasteiger partial charge in [0.15, 0.2) is 0 Å². The largest absolute Gasteiger partial charge is 0.444 e. The minimum atomic E-state index is -0.863. The average molecular weight is 434 g/mol. The molecule has 0 saturated carbocycles. The van der Waals surface area contributed by atoms with E-state index in [0.29, 0.717) is 12.0 Å². The Morgan fingerprint density at radius 2 is 1.55 bits per heavy atom. The lowest BCUT2D eigenvalue weighted by molar-refractivity contribution is -0.145. The molecule has 3 amide bonds. The maximum atomic E-state index is 13.5. The summed E-state index contributed by atoms with van der Waals surface area (Å²) in [5.41, 5.74) is -0.431. The first kappa shape index (κ1) is 26.5. The molecule has 7 nitrogen and oxygen atoms in total. The molecule has 2 N–H and O–H groups in total. The van der Waals surface area contributed by atoms with Gasteiger partial charge in [-0.3, -0.25) is 9.59 Å². The Morgan fingerprint density at radius 3 is 2.00 bits per heavy atom. The second kappa shape index (κ2) is 10.6. The number of amides is 3. The first-order valence-electron chi connectivity index (χ1n) is 10.8. The van der Waals surface area contributed by atoms with Crippen LogP contribution in [0.25, 0.3) is 0 Å². The molecule has 0 spiro atoms. The van der Waals surface area contributed by atoms with Crippen molar-refractivity contribution in [3.63, 3.8) is 0 Å². The second-order valence-electron chi connectivity index (χ2n) is 9.92. The van der Waals surface area contributed by atoms with Gasteiger partial charge in [-0.05, 0) is 67.4 Å². The summed E-state index contributed by atoms with van der Waals surface area (Å²) in [6, 6.07) is 7.30. The van der Waals surface area contributed by atoms with Crippen LogP contribution in [0.15, 0.2) is 30.3 Å². The van der Waals surface area contributed by atoms with Crippen LogP contribution in [0.3, 0.4) is 0 Å². The van der Waals surface area contributed by atoms with Gasteiger partial charge >= 0.3 is 6.09 Å². The van der Waals surface area contributed by atoms with E-state index < -0.39 is 29.3 Å². The molecule has 1 aromatic carbocycles. The summed E-state index contributed by atoms with van der Waals surface area (Å²) in [5, 5.41) is 5.60. The smallest absolute Gasteiger partial charge is 0.408 e. The lowest BCUT2D eigenvalue weighted by Gasteiger charge is -2.38. The number of hydrogen-bond acceptors (Lipinski definition) is 4. The van der Waals surface area contributed by atoms with Gasteiger partial charge in [0.05, 0.1) is 0 Å². The normalized spacial score (nSPS) is 14.7. The molecule has 0 radical (unpaired) electrons. The summed E-state index contributed by atoms with van der Waals surface area (Å²) in [4.78, 5) is 40.6. The van der Waals surface area contributed by atoms with Crippen molar-refractivity contribution >= 4 is 17.9 Å². The number of alkyl carbamates (subject to hydrolysis) is 1. The third-order valence-corrected chi connectivity index (χ3v) is 4.56. The van der Waals surface area contributed by atoms with E-state index in [0.717, 1.165) is 0 Å². The predicted molar refractivity (Wildman–Crippen MR) is 123 cm³/mol. The molecule has 7 heteroatoms. The molecule has 31 heavy (non-hydrogen) atoms. The molecule has 0 heterocycles. The molecule has 3 atom stereocenters. The van der Waals surface area contributed by atoms with Gasteiger partial charge in [-0.15, -0.1) is 0 Å². The van der Waals surface area contributed by atoms with Gasteiger partial charge in [0.2, 0.25) is 11.8 Å². The molecular weight excluding hydrogens is 394 g/mol. The molecule has 0 fully saturated rings. The summed E-state index contributed by atoms with van der Waals surface area (Å²) < 4.78 is 5.28. The van der Waals surface area contributed by atoms with E-state index in [1.165, 1.54) is 0 Å². The standard InChI is InChI=1S/C24H39N3O4/c1-10-16(2)27(21(29)17(3)25-22(30)31-24(7,8)9)19(18-14-12-11-13-15-18)20(28)26-23(4,5)6/h11-17,19H,10H2,1-9H3,(H,25,30)(H,26,28). The molecule has 0 aliphatic rings. The number of carbonyl (C=O) groups is 3. The number of nitrogens with zero attached hydrogens (tertiary/aromatic N) is 1. The minimum Gasteiger partial charge on any atom is -0.444 e. The van der Waals surface area contributed by atoms with E-state index in [9.17, 15) is 14.4 Å². The predicted octanol–water partition coefficient (Wildman–Crippen LogP) is 4.18. The van der Waals surface area contributed by atoms with Crippen molar-refractivity contribution < 1.29 is 19.1 Å². The van der Waals surface area contributed by atoms with Crippen LogP contribution in [0.1, 0.15) is 80.3 Å². The highest BCUT2D eigenvalue weighted by molar-refractivity contribution is 5.92. The summed E-state index contributed by atoms with van der Waals surface area (Å²) >= 11 is 0. The summed E-state index contributed by atoms with van der Waals surface area (Å²) in [6.45, 7) is 16.4. The zero-order valence-electron chi connectivity index (χ0n) is 20.4. The van der Waals surface area contributed by atoms with Crippen LogP contribution in [0.4, 0.5) is 4.79 Å². The number of hydrogen-bond donors (Lipinski definition) is 2. The summed E-state index contributed by atoms with van der Waals surface area (Å²) in [5.74, 6) is -0.616. The van der Waals surface area contributed by atoms with E-state index in [1.54, 1.807) is 32.6 Å². The fourth-order valence-corrected chi connectivity index (χ4v) is 3.08. The Morgan fingerprint density at radius 1 is 1.00 bits per heavy atom.